The Morgan fingerprint density at radius 1 is 1.05 bits per heavy atom. The van der Waals surface area contributed by atoms with Crippen molar-refractivity contribution in [3.63, 3.8) is 0 Å². The van der Waals surface area contributed by atoms with Crippen LogP contribution < -0.4 is 10.2 Å². The highest BCUT2D eigenvalue weighted by Crippen LogP contribution is 2.22. The Labute approximate surface area is 122 Å². The number of anilines is 1. The van der Waals surface area contributed by atoms with Gasteiger partial charge in [-0.3, -0.25) is 9.52 Å². The second-order valence-corrected chi connectivity index (χ2v) is 5.43. The molecule has 0 bridgehead atoms. The van der Waals surface area contributed by atoms with Gasteiger partial charge in [-0.2, -0.15) is 0 Å². The molecule has 0 saturated carbocycles. The van der Waals surface area contributed by atoms with Gasteiger partial charge in [0.25, 0.3) is 0 Å². The first-order valence-corrected chi connectivity index (χ1v) is 7.76. The molecule has 1 heterocycles. The molecule has 0 aliphatic rings. The lowest BCUT2D eigenvalue weighted by atomic mass is 10.1. The van der Waals surface area contributed by atoms with Gasteiger partial charge in [0.2, 0.25) is 10.9 Å². The summed E-state index contributed by atoms with van der Waals surface area (Å²) >= 11 is 0. The molecule has 0 fully saturated rings. The van der Waals surface area contributed by atoms with Crippen LogP contribution in [0.2, 0.25) is 0 Å². The van der Waals surface area contributed by atoms with Crippen LogP contribution in [0.5, 0.6) is 0 Å². The Morgan fingerprint density at radius 2 is 1.76 bits per heavy atom. The van der Waals surface area contributed by atoms with Crippen LogP contribution in [0.4, 0.5) is 5.69 Å². The highest BCUT2D eigenvalue weighted by Gasteiger charge is 2.10. The standard InChI is InChI=1S/C15H14N2O3S/c1-2-17-13-6-4-3-5-11(13)15(18)12-9-10(16-21(19)20)7-8-14(12)17/h3-9,21H,2H2,1H3,(H,16,19,20). The van der Waals surface area contributed by atoms with E-state index in [-0.39, 0.29) is 5.43 Å². The first-order valence-electron chi connectivity index (χ1n) is 6.58. The van der Waals surface area contributed by atoms with Crippen LogP contribution in [0.1, 0.15) is 6.92 Å². The molecule has 0 aliphatic carbocycles. The van der Waals surface area contributed by atoms with E-state index in [0.29, 0.717) is 16.5 Å². The quantitative estimate of drug-likeness (QED) is 0.575. The first kappa shape index (κ1) is 13.6. The summed E-state index contributed by atoms with van der Waals surface area (Å²) in [5.74, 6) is 0. The second kappa shape index (κ2) is 5.21. The zero-order valence-electron chi connectivity index (χ0n) is 11.4. The van der Waals surface area contributed by atoms with E-state index in [1.165, 1.54) is 0 Å². The Hall–Kier alpha value is -2.34. The van der Waals surface area contributed by atoms with E-state index in [1.807, 2.05) is 29.7 Å². The second-order valence-electron chi connectivity index (χ2n) is 4.69. The van der Waals surface area contributed by atoms with Gasteiger partial charge < -0.3 is 4.57 Å². The molecule has 21 heavy (non-hydrogen) atoms. The third-order valence-corrected chi connectivity index (χ3v) is 3.95. The predicted octanol–water partition coefficient (Wildman–Crippen LogP) is 2.11. The van der Waals surface area contributed by atoms with Gasteiger partial charge in [0.05, 0.1) is 11.0 Å². The number of nitrogens with one attached hydrogen (secondary N) is 1. The smallest absolute Gasteiger partial charge is 0.222 e. The summed E-state index contributed by atoms with van der Waals surface area (Å²) in [7, 11) is -2.75. The van der Waals surface area contributed by atoms with Crippen molar-refractivity contribution >= 4 is 38.4 Å². The van der Waals surface area contributed by atoms with Crippen molar-refractivity contribution in [1.29, 1.82) is 0 Å². The van der Waals surface area contributed by atoms with Gasteiger partial charge in [0, 0.05) is 23.0 Å². The summed E-state index contributed by atoms with van der Waals surface area (Å²) in [6.07, 6.45) is 0. The van der Waals surface area contributed by atoms with E-state index in [4.69, 9.17) is 0 Å². The van der Waals surface area contributed by atoms with E-state index in [0.717, 1.165) is 17.6 Å². The average molecular weight is 302 g/mol. The molecule has 6 heteroatoms. The van der Waals surface area contributed by atoms with Crippen molar-refractivity contribution in [3.05, 3.63) is 52.7 Å². The summed E-state index contributed by atoms with van der Waals surface area (Å²) in [5, 5.41) is 1.15. The van der Waals surface area contributed by atoms with Crippen LogP contribution in [-0.2, 0) is 17.4 Å². The number of para-hydroxylation sites is 1. The molecule has 3 rings (SSSR count). The molecule has 1 aromatic heterocycles. The fourth-order valence-corrected chi connectivity index (χ4v) is 2.99. The zero-order valence-corrected chi connectivity index (χ0v) is 12.3. The molecule has 108 valence electrons. The van der Waals surface area contributed by atoms with Crippen molar-refractivity contribution in [2.75, 3.05) is 4.72 Å². The molecule has 0 aliphatic heterocycles. The van der Waals surface area contributed by atoms with E-state index in [1.54, 1.807) is 24.3 Å². The van der Waals surface area contributed by atoms with Gasteiger partial charge in [-0.05, 0) is 37.3 Å². The number of aromatic nitrogens is 1. The maximum absolute atomic E-state index is 12.6. The predicted molar refractivity (Wildman–Crippen MR) is 85.3 cm³/mol. The minimum absolute atomic E-state index is 0.0879. The van der Waals surface area contributed by atoms with Crippen molar-refractivity contribution < 1.29 is 8.42 Å². The Kier molecular flexibility index (Phi) is 3.39. The van der Waals surface area contributed by atoms with Crippen molar-refractivity contribution in [1.82, 2.24) is 4.57 Å². The van der Waals surface area contributed by atoms with E-state index in [9.17, 15) is 13.2 Å². The number of nitrogens with zero attached hydrogens (tertiary/aromatic N) is 1. The molecule has 1 N–H and O–H groups in total. The molecule has 5 nitrogen and oxygen atoms in total. The van der Waals surface area contributed by atoms with Gasteiger partial charge in [-0.15, -0.1) is 0 Å². The minimum Gasteiger partial charge on any atom is -0.341 e. The number of pyridine rings is 1. The van der Waals surface area contributed by atoms with E-state index < -0.39 is 10.9 Å². The molecule has 0 spiro atoms. The fraction of sp³-hybridized carbons (Fsp3) is 0.133. The number of hydrogen-bond acceptors (Lipinski definition) is 3. The molecular weight excluding hydrogens is 288 g/mol. The molecule has 0 amide bonds. The average Bonchev–Trinajstić information content (AvgIpc) is 2.48. The van der Waals surface area contributed by atoms with Gasteiger partial charge >= 0.3 is 0 Å². The molecule has 0 unspecified atom stereocenters. The maximum Gasteiger partial charge on any atom is 0.222 e. The molecule has 2 aromatic carbocycles. The first-order chi connectivity index (χ1) is 10.1. The van der Waals surface area contributed by atoms with Crippen LogP contribution in [0.3, 0.4) is 0 Å². The van der Waals surface area contributed by atoms with Gasteiger partial charge in [-0.25, -0.2) is 8.42 Å². The number of fused-ring (bicyclic) bond motifs is 2. The van der Waals surface area contributed by atoms with E-state index in [2.05, 4.69) is 4.72 Å². The van der Waals surface area contributed by atoms with E-state index >= 15 is 0 Å². The monoisotopic (exact) mass is 302 g/mol. The van der Waals surface area contributed by atoms with Crippen molar-refractivity contribution in [2.24, 2.45) is 0 Å². The molecule has 0 atom stereocenters. The van der Waals surface area contributed by atoms with Gasteiger partial charge in [-0.1, -0.05) is 12.1 Å². The number of benzene rings is 2. The van der Waals surface area contributed by atoms with Crippen LogP contribution in [0, 0.1) is 0 Å². The molecule has 0 saturated heterocycles. The summed E-state index contributed by atoms with van der Waals surface area (Å²) in [6.45, 7) is 2.73. The normalized spacial score (nSPS) is 11.3. The summed E-state index contributed by atoms with van der Waals surface area (Å²) < 4.78 is 25.9. The minimum atomic E-state index is -2.75. The SMILES string of the molecule is CCn1c2ccccc2c(=O)c2cc(N[SH](=O)=O)ccc21. The summed E-state index contributed by atoms with van der Waals surface area (Å²) in [6, 6.07) is 12.4. The lowest BCUT2D eigenvalue weighted by Gasteiger charge is -2.13. The topological polar surface area (TPSA) is 68.2 Å². The maximum atomic E-state index is 12.6. The van der Waals surface area contributed by atoms with Crippen LogP contribution >= 0.6 is 0 Å². The van der Waals surface area contributed by atoms with Crippen LogP contribution in [0.25, 0.3) is 21.8 Å². The molecule has 0 radical (unpaired) electrons. The Bertz CT molecular complexity index is 966. The van der Waals surface area contributed by atoms with Crippen molar-refractivity contribution in [2.45, 2.75) is 13.5 Å². The largest absolute Gasteiger partial charge is 0.341 e. The third kappa shape index (κ3) is 2.27. The van der Waals surface area contributed by atoms with Gasteiger partial charge in [0.1, 0.15) is 0 Å². The molecule has 3 aromatic rings. The Morgan fingerprint density at radius 3 is 2.48 bits per heavy atom. The molecular formula is C15H14N2O3S. The Balaban J connectivity index is 2.45. The van der Waals surface area contributed by atoms with Crippen LogP contribution in [-0.4, -0.2) is 13.0 Å². The lowest BCUT2D eigenvalue weighted by molar-refractivity contribution is 0.619. The van der Waals surface area contributed by atoms with Crippen molar-refractivity contribution in [3.8, 4) is 0 Å². The number of thiol groups is 1. The number of hydrogen-bond donors (Lipinski definition) is 2. The third-order valence-electron chi connectivity index (χ3n) is 3.51. The van der Waals surface area contributed by atoms with Gasteiger partial charge in [0.15, 0.2) is 5.43 Å². The lowest BCUT2D eigenvalue weighted by Crippen LogP contribution is -2.11. The summed E-state index contributed by atoms with van der Waals surface area (Å²) in [4.78, 5) is 12.6. The van der Waals surface area contributed by atoms with Crippen LogP contribution in [0.15, 0.2) is 47.3 Å². The highest BCUT2D eigenvalue weighted by atomic mass is 32.2. The summed E-state index contributed by atoms with van der Waals surface area (Å²) in [5.41, 5.74) is 1.99. The highest BCUT2D eigenvalue weighted by molar-refractivity contribution is 7.73. The fourth-order valence-electron chi connectivity index (χ4n) is 2.64. The zero-order chi connectivity index (χ0) is 15.0. The number of rotatable bonds is 3. The number of aryl methyl sites for hydroxylation is 1.